The first-order chi connectivity index (χ1) is 7.45. The van der Waals surface area contributed by atoms with E-state index >= 15 is 0 Å². The molecule has 0 rings (SSSR count). The topological polar surface area (TPSA) is 98.5 Å². The van der Waals surface area contributed by atoms with Crippen molar-refractivity contribution in [2.24, 2.45) is 5.73 Å². The Balaban J connectivity index is 3.99. The molecule has 6 nitrogen and oxygen atoms in total. The van der Waals surface area contributed by atoms with Crippen LogP contribution in [-0.2, 0) is 14.3 Å². The average Bonchev–Trinajstić information content (AvgIpc) is 2.14. The van der Waals surface area contributed by atoms with Crippen LogP contribution < -0.4 is 11.1 Å². The van der Waals surface area contributed by atoms with E-state index in [0.29, 0.717) is 0 Å². The summed E-state index contributed by atoms with van der Waals surface area (Å²) in [5.41, 5.74) is 4.70. The highest BCUT2D eigenvalue weighted by atomic mass is 16.5. The van der Waals surface area contributed by atoms with E-state index in [4.69, 9.17) is 10.5 Å². The first kappa shape index (κ1) is 14.2. The summed E-state index contributed by atoms with van der Waals surface area (Å²) in [6.45, 7) is 3.74. The Morgan fingerprint density at radius 3 is 2.50 bits per heavy atom. The van der Waals surface area contributed by atoms with Crippen molar-refractivity contribution in [1.82, 2.24) is 5.32 Å². The number of hydrogen-bond donors (Lipinski definition) is 2. The predicted molar refractivity (Wildman–Crippen MR) is 57.3 cm³/mol. The van der Waals surface area contributed by atoms with Crippen molar-refractivity contribution in [2.75, 3.05) is 0 Å². The van der Waals surface area contributed by atoms with Crippen LogP contribution in [0.25, 0.3) is 0 Å². The number of urea groups is 1. The highest BCUT2D eigenvalue weighted by Gasteiger charge is 2.06. The molecule has 0 spiro atoms. The van der Waals surface area contributed by atoms with Gasteiger partial charge < -0.3 is 10.5 Å². The molecule has 90 valence electrons. The van der Waals surface area contributed by atoms with Crippen molar-refractivity contribution in [3.63, 3.8) is 0 Å². The first-order valence-electron chi connectivity index (χ1n) is 4.94. The highest BCUT2D eigenvalue weighted by molar-refractivity contribution is 6.02. The van der Waals surface area contributed by atoms with Crippen LogP contribution >= 0.6 is 0 Å². The summed E-state index contributed by atoms with van der Waals surface area (Å²) in [6, 6.07) is -0.970. The quantitative estimate of drug-likeness (QED) is 0.527. The Bertz CT molecular complexity index is 299. The molecular weight excluding hydrogens is 212 g/mol. The number of nitrogens with one attached hydrogen (secondary N) is 1. The zero-order valence-corrected chi connectivity index (χ0v) is 9.36. The second-order valence-electron chi connectivity index (χ2n) is 3.22. The molecule has 0 saturated heterocycles. The van der Waals surface area contributed by atoms with Crippen LogP contribution in [0.4, 0.5) is 4.79 Å². The van der Waals surface area contributed by atoms with Gasteiger partial charge >= 0.3 is 12.0 Å². The molecule has 0 saturated carbocycles. The molecule has 3 amide bonds. The summed E-state index contributed by atoms with van der Waals surface area (Å²) in [5.74, 6) is -1.38. The Morgan fingerprint density at radius 1 is 1.38 bits per heavy atom. The van der Waals surface area contributed by atoms with E-state index in [0.717, 1.165) is 25.0 Å². The van der Waals surface area contributed by atoms with Gasteiger partial charge in [-0.1, -0.05) is 13.3 Å². The molecular formula is C10H16N2O4. The monoisotopic (exact) mass is 228 g/mol. The molecule has 0 radical (unpaired) electrons. The van der Waals surface area contributed by atoms with Gasteiger partial charge in [0, 0.05) is 12.2 Å². The van der Waals surface area contributed by atoms with Gasteiger partial charge in [0.15, 0.2) is 0 Å². The van der Waals surface area contributed by atoms with E-state index in [1.807, 2.05) is 6.92 Å². The fourth-order valence-corrected chi connectivity index (χ4v) is 1.01. The molecule has 0 bridgehead atoms. The zero-order chi connectivity index (χ0) is 12.6. The molecule has 0 aromatic rings. The van der Waals surface area contributed by atoms with Gasteiger partial charge in [0.2, 0.25) is 0 Å². The number of nitrogens with two attached hydrogens (primary N) is 1. The summed E-state index contributed by atoms with van der Waals surface area (Å²) in [4.78, 5) is 32.2. The van der Waals surface area contributed by atoms with E-state index in [2.05, 4.69) is 0 Å². The minimum Gasteiger partial charge on any atom is -0.460 e. The summed E-state index contributed by atoms with van der Waals surface area (Å²) in [5, 5.41) is 1.78. The Morgan fingerprint density at radius 2 is 2.00 bits per heavy atom. The van der Waals surface area contributed by atoms with Gasteiger partial charge in [-0.3, -0.25) is 10.1 Å². The van der Waals surface area contributed by atoms with Crippen LogP contribution in [-0.4, -0.2) is 24.0 Å². The number of primary amides is 1. The van der Waals surface area contributed by atoms with Crippen molar-refractivity contribution >= 4 is 17.9 Å². The number of hydrogen-bond acceptors (Lipinski definition) is 4. The largest absolute Gasteiger partial charge is 0.460 e. The Hall–Kier alpha value is -1.85. The summed E-state index contributed by atoms with van der Waals surface area (Å²) >= 11 is 0. The standard InChI is InChI=1S/C10H16N2O4/c1-3-4-7(2)16-9(14)6-5-8(13)12-10(11)15/h5-7H,3-4H2,1-2H3,(H3,11,12,13,15)/b6-5+/t7-/m0/s1. The fourth-order valence-electron chi connectivity index (χ4n) is 1.01. The number of carbonyl (C=O) groups excluding carboxylic acids is 3. The SMILES string of the molecule is CCC[C@H](C)OC(=O)/C=C/C(=O)NC(N)=O. The smallest absolute Gasteiger partial charge is 0.331 e. The molecule has 0 heterocycles. The third-order valence-corrected chi connectivity index (χ3v) is 1.63. The van der Waals surface area contributed by atoms with Gasteiger partial charge in [0.25, 0.3) is 5.91 Å². The maximum atomic E-state index is 11.1. The predicted octanol–water partition coefficient (Wildman–Crippen LogP) is 0.469. The van der Waals surface area contributed by atoms with E-state index in [1.165, 1.54) is 0 Å². The van der Waals surface area contributed by atoms with Crippen LogP contribution in [0.2, 0.25) is 0 Å². The van der Waals surface area contributed by atoms with Gasteiger partial charge in [-0.2, -0.15) is 0 Å². The normalized spacial score (nSPS) is 12.1. The number of carbonyl (C=O) groups is 3. The molecule has 0 aliphatic heterocycles. The molecule has 0 aromatic carbocycles. The molecule has 0 aliphatic carbocycles. The summed E-state index contributed by atoms with van der Waals surface area (Å²) < 4.78 is 4.92. The third kappa shape index (κ3) is 7.54. The van der Waals surface area contributed by atoms with Crippen LogP contribution in [0.3, 0.4) is 0 Å². The van der Waals surface area contributed by atoms with Crippen molar-refractivity contribution in [3.8, 4) is 0 Å². The Labute approximate surface area is 93.8 Å². The molecule has 0 unspecified atom stereocenters. The van der Waals surface area contributed by atoms with Gasteiger partial charge in [-0.05, 0) is 13.3 Å². The zero-order valence-electron chi connectivity index (χ0n) is 9.36. The van der Waals surface area contributed by atoms with Crippen LogP contribution in [0.5, 0.6) is 0 Å². The van der Waals surface area contributed by atoms with E-state index in [1.54, 1.807) is 12.2 Å². The molecule has 0 fully saturated rings. The van der Waals surface area contributed by atoms with Crippen molar-refractivity contribution in [2.45, 2.75) is 32.8 Å². The van der Waals surface area contributed by atoms with E-state index < -0.39 is 17.9 Å². The average molecular weight is 228 g/mol. The minimum atomic E-state index is -0.970. The molecule has 16 heavy (non-hydrogen) atoms. The maximum Gasteiger partial charge on any atom is 0.331 e. The Kier molecular flexibility index (Phi) is 6.58. The van der Waals surface area contributed by atoms with Gasteiger partial charge in [0.1, 0.15) is 0 Å². The van der Waals surface area contributed by atoms with Crippen molar-refractivity contribution in [3.05, 3.63) is 12.2 Å². The van der Waals surface area contributed by atoms with Crippen LogP contribution in [0, 0.1) is 0 Å². The lowest BCUT2D eigenvalue weighted by Gasteiger charge is -2.09. The summed E-state index contributed by atoms with van der Waals surface area (Å²) in [7, 11) is 0. The second kappa shape index (κ2) is 7.44. The highest BCUT2D eigenvalue weighted by Crippen LogP contribution is 2.01. The van der Waals surface area contributed by atoms with Gasteiger partial charge in [0.05, 0.1) is 6.10 Å². The van der Waals surface area contributed by atoms with Crippen LogP contribution in [0.1, 0.15) is 26.7 Å². The van der Waals surface area contributed by atoms with Crippen molar-refractivity contribution < 1.29 is 19.1 Å². The lowest BCUT2D eigenvalue weighted by Crippen LogP contribution is -2.33. The van der Waals surface area contributed by atoms with E-state index in [-0.39, 0.29) is 6.10 Å². The van der Waals surface area contributed by atoms with E-state index in [9.17, 15) is 14.4 Å². The third-order valence-electron chi connectivity index (χ3n) is 1.63. The first-order valence-corrected chi connectivity index (χ1v) is 4.94. The lowest BCUT2D eigenvalue weighted by molar-refractivity contribution is -0.142. The second-order valence-corrected chi connectivity index (χ2v) is 3.22. The number of ether oxygens (including phenoxy) is 1. The van der Waals surface area contributed by atoms with Gasteiger partial charge in [-0.15, -0.1) is 0 Å². The number of rotatable bonds is 5. The number of esters is 1. The molecule has 6 heteroatoms. The lowest BCUT2D eigenvalue weighted by atomic mass is 10.2. The molecule has 0 aromatic heterocycles. The van der Waals surface area contributed by atoms with Crippen molar-refractivity contribution in [1.29, 1.82) is 0 Å². The molecule has 0 aliphatic rings. The number of imide groups is 1. The van der Waals surface area contributed by atoms with Crippen LogP contribution in [0.15, 0.2) is 12.2 Å². The number of amides is 3. The summed E-state index contributed by atoms with van der Waals surface area (Å²) in [6.07, 6.45) is 3.31. The fraction of sp³-hybridized carbons (Fsp3) is 0.500. The maximum absolute atomic E-state index is 11.1. The molecule has 1 atom stereocenters. The minimum absolute atomic E-state index is 0.193. The van der Waals surface area contributed by atoms with Gasteiger partial charge in [-0.25, -0.2) is 9.59 Å². The molecule has 3 N–H and O–H groups in total.